The van der Waals surface area contributed by atoms with Gasteiger partial charge in [0.25, 0.3) is 0 Å². The van der Waals surface area contributed by atoms with Crippen LogP contribution in [0.2, 0.25) is 0 Å². The highest BCUT2D eigenvalue weighted by atomic mass is 16.1. The van der Waals surface area contributed by atoms with Gasteiger partial charge >= 0.3 is 0 Å². The van der Waals surface area contributed by atoms with Gasteiger partial charge in [-0.15, -0.1) is 0 Å². The van der Waals surface area contributed by atoms with Crippen LogP contribution < -0.4 is 16.0 Å². The Kier molecular flexibility index (Phi) is 3.92. The number of ketones is 2. The first kappa shape index (κ1) is 16.8. The topological polar surface area (TPSA) is 75.4 Å². The number of benzene rings is 3. The molecule has 5 nitrogen and oxygen atoms in total. The highest BCUT2D eigenvalue weighted by Crippen LogP contribution is 2.41. The van der Waals surface area contributed by atoms with Crippen molar-refractivity contribution < 1.29 is 9.59 Å². The van der Waals surface area contributed by atoms with E-state index >= 15 is 0 Å². The summed E-state index contributed by atoms with van der Waals surface area (Å²) in [5.41, 5.74) is 10.1. The molecule has 3 N–H and O–H groups in total. The van der Waals surface area contributed by atoms with Crippen molar-refractivity contribution >= 4 is 34.3 Å². The van der Waals surface area contributed by atoms with Crippen LogP contribution in [0.1, 0.15) is 31.8 Å². The van der Waals surface area contributed by atoms with Gasteiger partial charge in [-0.3, -0.25) is 9.59 Å². The number of hydrogen-bond donors (Lipinski definition) is 2. The quantitative estimate of drug-likeness (QED) is 0.545. The van der Waals surface area contributed by atoms with Crippen LogP contribution in [0.15, 0.2) is 60.7 Å². The van der Waals surface area contributed by atoms with Gasteiger partial charge in [0.1, 0.15) is 0 Å². The molecule has 0 spiro atoms. The number of nitrogen functional groups attached to an aromatic ring is 1. The molecule has 0 atom stereocenters. The van der Waals surface area contributed by atoms with Crippen molar-refractivity contribution in [1.82, 2.24) is 0 Å². The smallest absolute Gasteiger partial charge is 0.196 e. The third-order valence-electron chi connectivity index (χ3n) is 4.75. The second-order valence-electron chi connectivity index (χ2n) is 6.70. The van der Waals surface area contributed by atoms with E-state index < -0.39 is 0 Å². The minimum atomic E-state index is -0.225. The number of nitrogens with zero attached hydrogens (tertiary/aromatic N) is 1. The number of nitrogens with two attached hydrogens (primary N) is 1. The molecule has 3 aromatic rings. The number of carbonyl (C=O) groups excluding carboxylic acids is 2. The van der Waals surface area contributed by atoms with E-state index in [1.165, 1.54) is 0 Å². The lowest BCUT2D eigenvalue weighted by Gasteiger charge is -2.26. The molecule has 0 saturated heterocycles. The van der Waals surface area contributed by atoms with Crippen molar-refractivity contribution in [2.75, 3.05) is 30.0 Å². The minimum absolute atomic E-state index is 0.198. The highest BCUT2D eigenvalue weighted by molar-refractivity contribution is 6.32. The van der Waals surface area contributed by atoms with Gasteiger partial charge in [-0.1, -0.05) is 42.5 Å². The highest BCUT2D eigenvalue weighted by Gasteiger charge is 2.34. The fourth-order valence-corrected chi connectivity index (χ4v) is 3.45. The Labute approximate surface area is 157 Å². The van der Waals surface area contributed by atoms with Crippen molar-refractivity contribution in [3.8, 4) is 0 Å². The first-order valence-corrected chi connectivity index (χ1v) is 8.63. The van der Waals surface area contributed by atoms with Crippen LogP contribution in [-0.4, -0.2) is 25.7 Å². The van der Waals surface area contributed by atoms with Gasteiger partial charge in [0, 0.05) is 30.9 Å². The van der Waals surface area contributed by atoms with Gasteiger partial charge < -0.3 is 16.0 Å². The molecule has 0 saturated carbocycles. The van der Waals surface area contributed by atoms with Crippen LogP contribution in [-0.2, 0) is 0 Å². The Bertz CT molecular complexity index is 1070. The number of hydrogen-bond acceptors (Lipinski definition) is 5. The lowest BCUT2D eigenvalue weighted by molar-refractivity contribution is 0.0980. The van der Waals surface area contributed by atoms with Crippen LogP contribution in [0.4, 0.5) is 22.7 Å². The molecule has 0 heterocycles. The van der Waals surface area contributed by atoms with E-state index in [0.717, 1.165) is 5.69 Å². The summed E-state index contributed by atoms with van der Waals surface area (Å²) in [6, 6.07) is 18.2. The van der Waals surface area contributed by atoms with Crippen molar-refractivity contribution in [3.63, 3.8) is 0 Å². The molecule has 0 amide bonds. The molecule has 0 fully saturated rings. The SMILES string of the molecule is CN(C)c1cc(Nc2ccccc2)c2c(c1N)C(=O)c1ccccc1C2=O. The third kappa shape index (κ3) is 2.64. The van der Waals surface area contributed by atoms with Crippen LogP contribution in [0.3, 0.4) is 0 Å². The van der Waals surface area contributed by atoms with Crippen molar-refractivity contribution in [3.05, 3.63) is 82.9 Å². The van der Waals surface area contributed by atoms with Gasteiger partial charge in [0.2, 0.25) is 0 Å². The predicted octanol–water partition coefficient (Wildman–Crippen LogP) is 3.85. The van der Waals surface area contributed by atoms with Gasteiger partial charge in [0.05, 0.1) is 28.2 Å². The molecule has 0 aromatic heterocycles. The first-order valence-electron chi connectivity index (χ1n) is 8.63. The molecular formula is C22H19N3O2. The molecule has 1 aliphatic rings. The number of nitrogens with one attached hydrogen (secondary N) is 1. The summed E-state index contributed by atoms with van der Waals surface area (Å²) in [6.07, 6.45) is 0. The van der Waals surface area contributed by atoms with Gasteiger partial charge in [-0.2, -0.15) is 0 Å². The summed E-state index contributed by atoms with van der Waals surface area (Å²) >= 11 is 0. The van der Waals surface area contributed by atoms with E-state index in [-0.39, 0.29) is 17.1 Å². The molecular weight excluding hydrogens is 338 g/mol. The van der Waals surface area contributed by atoms with Crippen LogP contribution in [0.5, 0.6) is 0 Å². The van der Waals surface area contributed by atoms with Crippen LogP contribution >= 0.6 is 0 Å². The number of fused-ring (bicyclic) bond motifs is 2. The molecule has 0 radical (unpaired) electrons. The molecule has 0 bridgehead atoms. The Morgan fingerprint density at radius 1 is 0.815 bits per heavy atom. The van der Waals surface area contributed by atoms with E-state index in [1.54, 1.807) is 24.3 Å². The summed E-state index contributed by atoms with van der Waals surface area (Å²) in [5, 5.41) is 3.28. The zero-order valence-electron chi connectivity index (χ0n) is 15.1. The number of para-hydroxylation sites is 1. The molecule has 0 aliphatic heterocycles. The lowest BCUT2D eigenvalue weighted by Crippen LogP contribution is -2.25. The van der Waals surface area contributed by atoms with Crippen molar-refractivity contribution in [1.29, 1.82) is 0 Å². The van der Waals surface area contributed by atoms with Crippen molar-refractivity contribution in [2.45, 2.75) is 0 Å². The second kappa shape index (κ2) is 6.29. The van der Waals surface area contributed by atoms with E-state index in [9.17, 15) is 9.59 Å². The van der Waals surface area contributed by atoms with E-state index in [4.69, 9.17) is 5.73 Å². The molecule has 0 unspecified atom stereocenters. The largest absolute Gasteiger partial charge is 0.396 e. The van der Waals surface area contributed by atoms with Gasteiger partial charge in [-0.05, 0) is 18.2 Å². The predicted molar refractivity (Wildman–Crippen MR) is 108 cm³/mol. The Balaban J connectivity index is 1.99. The van der Waals surface area contributed by atoms with Gasteiger partial charge in [-0.25, -0.2) is 0 Å². The van der Waals surface area contributed by atoms with Crippen LogP contribution in [0.25, 0.3) is 0 Å². The third-order valence-corrected chi connectivity index (χ3v) is 4.75. The van der Waals surface area contributed by atoms with Gasteiger partial charge in [0.15, 0.2) is 11.6 Å². The molecule has 3 aromatic carbocycles. The summed E-state index contributed by atoms with van der Waals surface area (Å²) in [5.74, 6) is -0.423. The second-order valence-corrected chi connectivity index (χ2v) is 6.70. The maximum atomic E-state index is 13.2. The summed E-state index contributed by atoms with van der Waals surface area (Å²) in [4.78, 5) is 28.2. The molecule has 5 heteroatoms. The monoisotopic (exact) mass is 357 g/mol. The van der Waals surface area contributed by atoms with Crippen LogP contribution in [0, 0.1) is 0 Å². The molecule has 4 rings (SSSR count). The zero-order chi connectivity index (χ0) is 19.1. The average molecular weight is 357 g/mol. The minimum Gasteiger partial charge on any atom is -0.396 e. The Morgan fingerprint density at radius 3 is 1.96 bits per heavy atom. The fraction of sp³-hybridized carbons (Fsp3) is 0.0909. The Morgan fingerprint density at radius 2 is 1.37 bits per heavy atom. The normalized spacial score (nSPS) is 12.4. The molecule has 27 heavy (non-hydrogen) atoms. The summed E-state index contributed by atoms with van der Waals surface area (Å²) in [6.45, 7) is 0. The first-order chi connectivity index (χ1) is 13.0. The van der Waals surface area contributed by atoms with E-state index in [1.807, 2.05) is 55.4 Å². The Hall–Kier alpha value is -3.60. The maximum absolute atomic E-state index is 13.2. The van der Waals surface area contributed by atoms with Crippen molar-refractivity contribution in [2.24, 2.45) is 0 Å². The van der Waals surface area contributed by atoms with E-state index in [0.29, 0.717) is 33.8 Å². The maximum Gasteiger partial charge on any atom is 0.196 e. The average Bonchev–Trinajstić information content (AvgIpc) is 2.67. The molecule has 1 aliphatic carbocycles. The summed E-state index contributed by atoms with van der Waals surface area (Å²) < 4.78 is 0. The number of carbonyl (C=O) groups is 2. The lowest BCUT2D eigenvalue weighted by atomic mass is 9.81. The van der Waals surface area contributed by atoms with E-state index in [2.05, 4.69) is 5.32 Å². The summed E-state index contributed by atoms with van der Waals surface area (Å²) in [7, 11) is 3.71. The standard InChI is InChI=1S/C22H19N3O2/c1-25(2)17-12-16(24-13-8-4-3-5-9-13)18-19(20(17)23)22(27)15-11-7-6-10-14(15)21(18)26/h3-12,24H,23H2,1-2H3. The number of rotatable bonds is 3. The number of anilines is 4. The molecule has 134 valence electrons. The fourth-order valence-electron chi connectivity index (χ4n) is 3.45. The zero-order valence-corrected chi connectivity index (χ0v) is 15.1.